The number of rotatable bonds is 3. The zero-order valence-corrected chi connectivity index (χ0v) is 17.9. The first-order chi connectivity index (χ1) is 13.7. The maximum atomic E-state index is 12.3. The summed E-state index contributed by atoms with van der Waals surface area (Å²) in [5.41, 5.74) is 2.98. The molecule has 0 saturated carbocycles. The van der Waals surface area contributed by atoms with Gasteiger partial charge < -0.3 is 4.90 Å². The summed E-state index contributed by atoms with van der Waals surface area (Å²) < 4.78 is 3.49. The number of fused-ring (bicyclic) bond motifs is 1. The van der Waals surface area contributed by atoms with Crippen molar-refractivity contribution in [3.63, 3.8) is 0 Å². The van der Waals surface area contributed by atoms with E-state index in [2.05, 4.69) is 52.8 Å². The van der Waals surface area contributed by atoms with Gasteiger partial charge in [-0.1, -0.05) is 20.8 Å². The van der Waals surface area contributed by atoms with Crippen LogP contribution in [0.2, 0.25) is 0 Å². The number of aryl methyl sites for hydroxylation is 1. The van der Waals surface area contributed by atoms with Gasteiger partial charge in [0.1, 0.15) is 12.1 Å². The van der Waals surface area contributed by atoms with E-state index in [9.17, 15) is 4.79 Å². The molecule has 0 radical (unpaired) electrons. The number of nitrogens with zero attached hydrogens (tertiary/aromatic N) is 7. The van der Waals surface area contributed by atoms with Gasteiger partial charge in [0.2, 0.25) is 0 Å². The first-order valence-corrected chi connectivity index (χ1v) is 10.2. The minimum absolute atomic E-state index is 0.0228. The lowest BCUT2D eigenvalue weighted by Crippen LogP contribution is -2.38. The highest BCUT2D eigenvalue weighted by Gasteiger charge is 2.25. The Labute approximate surface area is 170 Å². The van der Waals surface area contributed by atoms with Crippen LogP contribution in [0, 0.1) is 19.8 Å². The van der Waals surface area contributed by atoms with Gasteiger partial charge in [-0.3, -0.25) is 4.79 Å². The van der Waals surface area contributed by atoms with Gasteiger partial charge in [-0.25, -0.2) is 9.67 Å². The predicted molar refractivity (Wildman–Crippen MR) is 112 cm³/mol. The van der Waals surface area contributed by atoms with Gasteiger partial charge in [0.15, 0.2) is 0 Å². The van der Waals surface area contributed by atoms with E-state index in [0.29, 0.717) is 18.2 Å². The van der Waals surface area contributed by atoms with Crippen LogP contribution in [0.3, 0.4) is 0 Å². The molecule has 0 aromatic carbocycles. The number of anilines is 1. The highest BCUT2D eigenvalue weighted by atomic mass is 16.1. The lowest BCUT2D eigenvalue weighted by molar-refractivity contribution is 0.329. The molecular formula is C21H29N7O. The molecule has 4 rings (SSSR count). The van der Waals surface area contributed by atoms with Crippen molar-refractivity contribution < 1.29 is 0 Å². The number of aromatic nitrogens is 6. The summed E-state index contributed by atoms with van der Waals surface area (Å²) in [7, 11) is 0. The molecule has 29 heavy (non-hydrogen) atoms. The molecule has 0 aliphatic carbocycles. The average molecular weight is 396 g/mol. The Morgan fingerprint density at radius 2 is 1.86 bits per heavy atom. The molecule has 154 valence electrons. The average Bonchev–Trinajstić information content (AvgIpc) is 3.12. The third kappa shape index (κ3) is 3.75. The smallest absolute Gasteiger partial charge is 0.266 e. The van der Waals surface area contributed by atoms with Gasteiger partial charge in [-0.05, 0) is 38.7 Å². The van der Waals surface area contributed by atoms with Crippen molar-refractivity contribution in [1.82, 2.24) is 29.4 Å². The molecule has 0 amide bonds. The Hall–Kier alpha value is -2.77. The summed E-state index contributed by atoms with van der Waals surface area (Å²) >= 11 is 0. The zero-order chi connectivity index (χ0) is 20.8. The highest BCUT2D eigenvalue weighted by Crippen LogP contribution is 2.28. The van der Waals surface area contributed by atoms with Crippen LogP contribution in [0.1, 0.15) is 50.6 Å². The molecule has 1 saturated heterocycles. The quantitative estimate of drug-likeness (QED) is 0.678. The molecule has 8 nitrogen and oxygen atoms in total. The third-order valence-electron chi connectivity index (χ3n) is 5.86. The van der Waals surface area contributed by atoms with E-state index in [1.165, 1.54) is 0 Å². The van der Waals surface area contributed by atoms with E-state index < -0.39 is 0 Å². The molecule has 3 aromatic heterocycles. The predicted octanol–water partition coefficient (Wildman–Crippen LogP) is 2.51. The van der Waals surface area contributed by atoms with Crippen LogP contribution in [-0.2, 0) is 12.0 Å². The van der Waals surface area contributed by atoms with Crippen LogP contribution in [0.15, 0.2) is 23.3 Å². The minimum Gasteiger partial charge on any atom is -0.356 e. The van der Waals surface area contributed by atoms with E-state index in [0.717, 1.165) is 48.7 Å². The number of hydrogen-bond acceptors (Lipinski definition) is 6. The van der Waals surface area contributed by atoms with Crippen LogP contribution < -0.4 is 10.5 Å². The molecule has 0 atom stereocenters. The van der Waals surface area contributed by atoms with Crippen LogP contribution in [0.5, 0.6) is 0 Å². The molecule has 0 spiro atoms. The first-order valence-electron chi connectivity index (χ1n) is 10.2. The standard InChI is InChI=1S/C21H29N7O/c1-14-15(2)24-20-22-13-23-28(20)19(14)26-10-8-16(9-11-26)12-27-18(29)7-6-17(25-27)21(3,4)5/h6-7,13,16H,8-12H2,1-5H3. The van der Waals surface area contributed by atoms with Gasteiger partial charge in [-0.15, -0.1) is 0 Å². The lowest BCUT2D eigenvalue weighted by Gasteiger charge is -2.34. The highest BCUT2D eigenvalue weighted by molar-refractivity contribution is 5.54. The second-order valence-electron chi connectivity index (χ2n) is 9.04. The van der Waals surface area contributed by atoms with Crippen molar-refractivity contribution in [2.45, 2.75) is 59.4 Å². The van der Waals surface area contributed by atoms with Crippen molar-refractivity contribution in [3.05, 3.63) is 45.8 Å². The molecular weight excluding hydrogens is 366 g/mol. The van der Waals surface area contributed by atoms with Gasteiger partial charge in [0.25, 0.3) is 11.3 Å². The fourth-order valence-electron chi connectivity index (χ4n) is 3.94. The Balaban J connectivity index is 1.51. The fraction of sp³-hybridized carbons (Fsp3) is 0.571. The molecule has 3 aromatic rings. The van der Waals surface area contributed by atoms with Crippen molar-refractivity contribution in [3.8, 4) is 0 Å². The van der Waals surface area contributed by atoms with Crippen LogP contribution >= 0.6 is 0 Å². The molecule has 0 N–H and O–H groups in total. The van der Waals surface area contributed by atoms with E-state index in [4.69, 9.17) is 0 Å². The Morgan fingerprint density at radius 1 is 1.14 bits per heavy atom. The molecule has 0 bridgehead atoms. The van der Waals surface area contributed by atoms with E-state index in [1.54, 1.807) is 17.1 Å². The zero-order valence-electron chi connectivity index (χ0n) is 17.9. The minimum atomic E-state index is -0.0707. The molecule has 4 heterocycles. The monoisotopic (exact) mass is 395 g/mol. The summed E-state index contributed by atoms with van der Waals surface area (Å²) in [4.78, 5) is 23.5. The molecule has 8 heteroatoms. The molecule has 1 aliphatic heterocycles. The summed E-state index contributed by atoms with van der Waals surface area (Å²) in [6.07, 6.45) is 3.56. The van der Waals surface area contributed by atoms with Crippen LogP contribution in [0.4, 0.5) is 5.82 Å². The van der Waals surface area contributed by atoms with Crippen LogP contribution in [0.25, 0.3) is 5.78 Å². The van der Waals surface area contributed by atoms with Gasteiger partial charge in [0, 0.05) is 42.4 Å². The maximum absolute atomic E-state index is 12.3. The largest absolute Gasteiger partial charge is 0.356 e. The fourth-order valence-corrected chi connectivity index (χ4v) is 3.94. The lowest BCUT2D eigenvalue weighted by atomic mass is 9.92. The van der Waals surface area contributed by atoms with E-state index >= 15 is 0 Å². The van der Waals surface area contributed by atoms with Crippen molar-refractivity contribution in [2.24, 2.45) is 5.92 Å². The van der Waals surface area contributed by atoms with Crippen molar-refractivity contribution in [1.29, 1.82) is 0 Å². The van der Waals surface area contributed by atoms with Crippen LogP contribution in [-0.4, -0.2) is 42.5 Å². The Kier molecular flexibility index (Phi) is 4.88. The number of hydrogen-bond donors (Lipinski definition) is 0. The summed E-state index contributed by atoms with van der Waals surface area (Å²) in [6, 6.07) is 3.49. The molecule has 1 aliphatic rings. The molecule has 1 fully saturated rings. The SMILES string of the molecule is Cc1nc2ncnn2c(N2CCC(Cn3nc(C(C)(C)C)ccc3=O)CC2)c1C. The molecule has 0 unspecified atom stereocenters. The summed E-state index contributed by atoms with van der Waals surface area (Å²) in [5, 5.41) is 9.01. The number of piperidine rings is 1. The van der Waals surface area contributed by atoms with Crippen molar-refractivity contribution in [2.75, 3.05) is 18.0 Å². The van der Waals surface area contributed by atoms with E-state index in [1.807, 2.05) is 17.5 Å². The third-order valence-corrected chi connectivity index (χ3v) is 5.86. The Morgan fingerprint density at radius 3 is 2.55 bits per heavy atom. The normalized spacial score (nSPS) is 16.0. The van der Waals surface area contributed by atoms with E-state index in [-0.39, 0.29) is 11.0 Å². The second kappa shape index (κ2) is 7.24. The summed E-state index contributed by atoms with van der Waals surface area (Å²) in [5.74, 6) is 2.15. The second-order valence-corrected chi connectivity index (χ2v) is 9.04. The summed E-state index contributed by atoms with van der Waals surface area (Å²) in [6.45, 7) is 13.0. The maximum Gasteiger partial charge on any atom is 0.266 e. The first kappa shape index (κ1) is 19.5. The van der Waals surface area contributed by atoms with Gasteiger partial charge in [0.05, 0.1) is 5.69 Å². The van der Waals surface area contributed by atoms with Crippen molar-refractivity contribution >= 4 is 11.6 Å². The van der Waals surface area contributed by atoms with Gasteiger partial charge >= 0.3 is 0 Å². The Bertz CT molecular complexity index is 1080. The topological polar surface area (TPSA) is 81.2 Å². The van der Waals surface area contributed by atoms with Gasteiger partial charge in [-0.2, -0.15) is 19.7 Å².